The van der Waals surface area contributed by atoms with Crippen molar-refractivity contribution >= 4 is 5.91 Å². The number of amides is 1. The van der Waals surface area contributed by atoms with E-state index in [0.717, 1.165) is 6.42 Å². The first kappa shape index (κ1) is 13.4. The van der Waals surface area contributed by atoms with Gasteiger partial charge < -0.3 is 5.32 Å². The molecule has 2 nitrogen and oxygen atoms in total. The van der Waals surface area contributed by atoms with Gasteiger partial charge in [-0.1, -0.05) is 43.2 Å². The number of rotatable bonds is 1. The molecule has 3 aliphatic rings. The smallest absolute Gasteiger partial charge is 0.221 e. The SMILES string of the molecule is O=C1CC2(CCC3(CCCC3)CC2)C(c2ccccc2)N1. The van der Waals surface area contributed by atoms with Gasteiger partial charge in [-0.2, -0.15) is 0 Å². The Labute approximate surface area is 127 Å². The van der Waals surface area contributed by atoms with Crippen molar-refractivity contribution in [3.63, 3.8) is 0 Å². The van der Waals surface area contributed by atoms with E-state index in [1.165, 1.54) is 56.9 Å². The van der Waals surface area contributed by atoms with E-state index in [1.807, 2.05) is 0 Å². The number of hydrogen-bond acceptors (Lipinski definition) is 1. The van der Waals surface area contributed by atoms with Crippen LogP contribution in [-0.2, 0) is 4.79 Å². The largest absolute Gasteiger partial charge is 0.349 e. The average Bonchev–Trinajstić information content (AvgIpc) is 3.09. The van der Waals surface area contributed by atoms with Gasteiger partial charge in [0.1, 0.15) is 0 Å². The van der Waals surface area contributed by atoms with Gasteiger partial charge >= 0.3 is 0 Å². The van der Waals surface area contributed by atoms with Gasteiger partial charge in [0.25, 0.3) is 0 Å². The third-order valence-corrected chi connectivity index (χ3v) is 6.53. The van der Waals surface area contributed by atoms with Crippen LogP contribution in [0, 0.1) is 10.8 Å². The number of nitrogens with one attached hydrogen (secondary N) is 1. The minimum absolute atomic E-state index is 0.187. The van der Waals surface area contributed by atoms with Crippen LogP contribution < -0.4 is 5.32 Å². The number of carbonyl (C=O) groups is 1. The molecule has 2 heteroatoms. The summed E-state index contributed by atoms with van der Waals surface area (Å²) in [6.45, 7) is 0. The van der Waals surface area contributed by atoms with Gasteiger partial charge in [-0.05, 0) is 49.5 Å². The summed E-state index contributed by atoms with van der Waals surface area (Å²) in [6, 6.07) is 10.8. The van der Waals surface area contributed by atoms with E-state index in [9.17, 15) is 4.79 Å². The summed E-state index contributed by atoms with van der Waals surface area (Å²) in [6.07, 6.45) is 11.6. The molecule has 1 aromatic rings. The van der Waals surface area contributed by atoms with Gasteiger partial charge in [0.15, 0.2) is 0 Å². The topological polar surface area (TPSA) is 29.1 Å². The van der Waals surface area contributed by atoms with Crippen LogP contribution in [0.5, 0.6) is 0 Å². The van der Waals surface area contributed by atoms with Crippen molar-refractivity contribution in [3.05, 3.63) is 35.9 Å². The molecule has 1 atom stereocenters. The molecular formula is C19H25NO. The van der Waals surface area contributed by atoms with Crippen LogP contribution in [0.2, 0.25) is 0 Å². The highest BCUT2D eigenvalue weighted by molar-refractivity contribution is 5.80. The van der Waals surface area contributed by atoms with Gasteiger partial charge in [0, 0.05) is 11.8 Å². The molecule has 1 aromatic carbocycles. The minimum atomic E-state index is 0.187. The Bertz CT molecular complexity index is 520. The summed E-state index contributed by atoms with van der Waals surface area (Å²) >= 11 is 0. The summed E-state index contributed by atoms with van der Waals surface area (Å²) in [5.74, 6) is 0.256. The van der Waals surface area contributed by atoms with E-state index < -0.39 is 0 Å². The maximum absolute atomic E-state index is 12.1. The fourth-order valence-corrected chi connectivity index (χ4v) is 5.24. The summed E-state index contributed by atoms with van der Waals surface area (Å²) in [4.78, 5) is 12.1. The standard InChI is InChI=1S/C19H25NO/c21-16-14-19(17(20-16)15-6-2-1-3-7-15)12-10-18(11-13-19)8-4-5-9-18/h1-3,6-7,17H,4-5,8-14H2,(H,20,21). The molecule has 1 aliphatic heterocycles. The van der Waals surface area contributed by atoms with Crippen LogP contribution in [-0.4, -0.2) is 5.91 Å². The Balaban J connectivity index is 1.59. The van der Waals surface area contributed by atoms with E-state index in [1.54, 1.807) is 0 Å². The predicted molar refractivity (Wildman–Crippen MR) is 83.7 cm³/mol. The van der Waals surface area contributed by atoms with Crippen LogP contribution in [0.4, 0.5) is 0 Å². The molecule has 0 aromatic heterocycles. The average molecular weight is 283 g/mol. The van der Waals surface area contributed by atoms with Gasteiger partial charge in [-0.25, -0.2) is 0 Å². The fraction of sp³-hybridized carbons (Fsp3) is 0.632. The van der Waals surface area contributed by atoms with Gasteiger partial charge in [-0.3, -0.25) is 4.79 Å². The molecule has 1 amide bonds. The highest BCUT2D eigenvalue weighted by Gasteiger charge is 2.52. The zero-order valence-corrected chi connectivity index (χ0v) is 12.7. The van der Waals surface area contributed by atoms with Crippen LogP contribution in [0.1, 0.15) is 69.4 Å². The molecule has 1 heterocycles. The molecule has 112 valence electrons. The Morgan fingerprint density at radius 1 is 0.905 bits per heavy atom. The van der Waals surface area contributed by atoms with Crippen LogP contribution in [0.15, 0.2) is 30.3 Å². The molecule has 1 saturated heterocycles. The second kappa shape index (κ2) is 4.86. The Hall–Kier alpha value is -1.31. The third kappa shape index (κ3) is 2.20. The molecule has 1 unspecified atom stereocenters. The van der Waals surface area contributed by atoms with Crippen molar-refractivity contribution in [1.82, 2.24) is 5.32 Å². The summed E-state index contributed by atoms with van der Waals surface area (Å²) in [5.41, 5.74) is 2.12. The second-order valence-corrected chi connectivity index (χ2v) is 7.66. The lowest BCUT2D eigenvalue weighted by Gasteiger charge is -2.45. The van der Waals surface area contributed by atoms with Crippen LogP contribution >= 0.6 is 0 Å². The fourth-order valence-electron chi connectivity index (χ4n) is 5.24. The van der Waals surface area contributed by atoms with E-state index >= 15 is 0 Å². The Morgan fingerprint density at radius 2 is 1.57 bits per heavy atom. The van der Waals surface area contributed by atoms with E-state index in [0.29, 0.717) is 5.41 Å². The molecule has 2 saturated carbocycles. The number of benzene rings is 1. The van der Waals surface area contributed by atoms with Gasteiger partial charge in [0.05, 0.1) is 6.04 Å². The van der Waals surface area contributed by atoms with Crippen molar-refractivity contribution < 1.29 is 4.79 Å². The predicted octanol–water partition coefficient (Wildman–Crippen LogP) is 4.37. The van der Waals surface area contributed by atoms with E-state index in [-0.39, 0.29) is 17.4 Å². The van der Waals surface area contributed by atoms with Crippen LogP contribution in [0.3, 0.4) is 0 Å². The Morgan fingerprint density at radius 3 is 2.24 bits per heavy atom. The van der Waals surface area contributed by atoms with Crippen molar-refractivity contribution in [3.8, 4) is 0 Å². The molecule has 2 aliphatic carbocycles. The van der Waals surface area contributed by atoms with E-state index in [2.05, 4.69) is 35.6 Å². The maximum Gasteiger partial charge on any atom is 0.221 e. The number of carbonyl (C=O) groups excluding carboxylic acids is 1. The normalized spacial score (nSPS) is 29.9. The van der Waals surface area contributed by atoms with Crippen molar-refractivity contribution in [1.29, 1.82) is 0 Å². The first-order chi connectivity index (χ1) is 10.2. The molecule has 0 radical (unpaired) electrons. The zero-order chi connectivity index (χ0) is 14.3. The highest BCUT2D eigenvalue weighted by Crippen LogP contribution is 2.59. The molecule has 0 bridgehead atoms. The highest BCUT2D eigenvalue weighted by atomic mass is 16.2. The van der Waals surface area contributed by atoms with Crippen molar-refractivity contribution in [2.45, 2.75) is 63.8 Å². The monoisotopic (exact) mass is 283 g/mol. The second-order valence-electron chi connectivity index (χ2n) is 7.66. The lowest BCUT2D eigenvalue weighted by Crippen LogP contribution is -2.36. The third-order valence-electron chi connectivity index (χ3n) is 6.53. The molecule has 1 N–H and O–H groups in total. The lowest BCUT2D eigenvalue weighted by molar-refractivity contribution is -0.120. The molecule has 2 spiro atoms. The van der Waals surface area contributed by atoms with Crippen molar-refractivity contribution in [2.24, 2.45) is 10.8 Å². The summed E-state index contributed by atoms with van der Waals surface area (Å²) < 4.78 is 0. The molecule has 21 heavy (non-hydrogen) atoms. The quantitative estimate of drug-likeness (QED) is 0.814. The molecular weight excluding hydrogens is 258 g/mol. The first-order valence-electron chi connectivity index (χ1n) is 8.56. The van der Waals surface area contributed by atoms with Crippen molar-refractivity contribution in [2.75, 3.05) is 0 Å². The van der Waals surface area contributed by atoms with E-state index in [4.69, 9.17) is 0 Å². The first-order valence-corrected chi connectivity index (χ1v) is 8.56. The van der Waals surface area contributed by atoms with Gasteiger partial charge in [-0.15, -0.1) is 0 Å². The summed E-state index contributed by atoms with van der Waals surface area (Å²) in [7, 11) is 0. The summed E-state index contributed by atoms with van der Waals surface area (Å²) in [5, 5.41) is 3.27. The minimum Gasteiger partial charge on any atom is -0.349 e. The zero-order valence-electron chi connectivity index (χ0n) is 12.7. The molecule has 4 rings (SSSR count). The lowest BCUT2D eigenvalue weighted by atomic mass is 9.59. The van der Waals surface area contributed by atoms with Gasteiger partial charge in [0.2, 0.25) is 5.91 Å². The van der Waals surface area contributed by atoms with Crippen LogP contribution in [0.25, 0.3) is 0 Å². The molecule has 3 fully saturated rings. The maximum atomic E-state index is 12.1. The Kier molecular flexibility index (Phi) is 3.09. The number of hydrogen-bond donors (Lipinski definition) is 1.